The lowest BCUT2D eigenvalue weighted by molar-refractivity contribution is -0.113. The maximum atomic E-state index is 12.4. The quantitative estimate of drug-likeness (QED) is 0.540. The molecule has 5 nitrogen and oxygen atoms in total. The smallest absolute Gasteiger partial charge is 0.272 e. The van der Waals surface area contributed by atoms with Crippen molar-refractivity contribution in [2.24, 2.45) is 0 Å². The van der Waals surface area contributed by atoms with Crippen molar-refractivity contribution in [2.75, 3.05) is 11.1 Å². The van der Waals surface area contributed by atoms with Crippen molar-refractivity contribution in [1.82, 2.24) is 9.55 Å². The molecule has 1 N–H and O–H groups in total. The van der Waals surface area contributed by atoms with Crippen LogP contribution in [0.5, 0.6) is 0 Å². The lowest BCUT2D eigenvalue weighted by Gasteiger charge is -2.10. The molecule has 0 unspecified atom stereocenters. The molecule has 0 aliphatic rings. The number of anilines is 1. The lowest BCUT2D eigenvalue weighted by Crippen LogP contribution is -2.22. The van der Waals surface area contributed by atoms with Gasteiger partial charge in [-0.2, -0.15) is 0 Å². The van der Waals surface area contributed by atoms with Crippen LogP contribution in [0.1, 0.15) is 6.92 Å². The van der Waals surface area contributed by atoms with Crippen LogP contribution in [-0.4, -0.2) is 21.2 Å². The Labute approximate surface area is 151 Å². The maximum absolute atomic E-state index is 12.4. The zero-order valence-corrected chi connectivity index (χ0v) is 15.2. The summed E-state index contributed by atoms with van der Waals surface area (Å²) in [6, 6.07) is 8.78. The van der Waals surface area contributed by atoms with E-state index < -0.39 is 0 Å². The van der Waals surface area contributed by atoms with E-state index in [0.29, 0.717) is 32.6 Å². The Balaban J connectivity index is 1.75. The van der Waals surface area contributed by atoms with E-state index in [4.69, 9.17) is 11.6 Å². The number of carbonyl (C=O) groups is 1. The summed E-state index contributed by atoms with van der Waals surface area (Å²) in [4.78, 5) is 29.0. The van der Waals surface area contributed by atoms with E-state index in [1.807, 2.05) is 18.4 Å². The number of aromatic nitrogens is 2. The summed E-state index contributed by atoms with van der Waals surface area (Å²) < 4.78 is 2.24. The minimum Gasteiger partial charge on any atom is -0.325 e. The molecule has 2 aromatic heterocycles. The Hall–Kier alpha value is -1.83. The van der Waals surface area contributed by atoms with Gasteiger partial charge in [0.15, 0.2) is 5.16 Å². The number of nitrogens with one attached hydrogen (secondary N) is 1. The van der Waals surface area contributed by atoms with Gasteiger partial charge in [-0.05, 0) is 36.6 Å². The summed E-state index contributed by atoms with van der Waals surface area (Å²) in [6.45, 7) is 2.40. The van der Waals surface area contributed by atoms with Gasteiger partial charge in [-0.3, -0.25) is 14.2 Å². The number of fused-ring (bicyclic) bond motifs is 1. The lowest BCUT2D eigenvalue weighted by atomic mass is 10.3. The van der Waals surface area contributed by atoms with Gasteiger partial charge in [0.2, 0.25) is 5.91 Å². The molecule has 0 saturated carbocycles. The van der Waals surface area contributed by atoms with Gasteiger partial charge in [0.25, 0.3) is 5.56 Å². The number of hydrogen-bond acceptors (Lipinski definition) is 5. The van der Waals surface area contributed by atoms with Crippen LogP contribution in [0.4, 0.5) is 5.69 Å². The molecule has 0 aliphatic heterocycles. The molecule has 0 fully saturated rings. The fourth-order valence-corrected chi connectivity index (χ4v) is 4.04. The molecule has 124 valence electrons. The third-order valence-electron chi connectivity index (χ3n) is 3.29. The summed E-state index contributed by atoms with van der Waals surface area (Å²) in [5, 5.41) is 5.74. The van der Waals surface area contributed by atoms with Crippen molar-refractivity contribution < 1.29 is 4.79 Å². The molecule has 24 heavy (non-hydrogen) atoms. The predicted molar refractivity (Wildman–Crippen MR) is 100 cm³/mol. The largest absolute Gasteiger partial charge is 0.325 e. The fourth-order valence-electron chi connectivity index (χ4n) is 2.21. The number of thioether (sulfide) groups is 1. The molecule has 0 saturated heterocycles. The minimum absolute atomic E-state index is 0.0600. The van der Waals surface area contributed by atoms with Crippen LogP contribution in [0.15, 0.2) is 45.7 Å². The summed E-state index contributed by atoms with van der Waals surface area (Å²) >= 11 is 8.53. The Morgan fingerprint density at radius 1 is 1.42 bits per heavy atom. The first kappa shape index (κ1) is 17.0. The summed E-state index contributed by atoms with van der Waals surface area (Å²) in [5.41, 5.74) is 1.25. The second-order valence-corrected chi connectivity index (χ2v) is 7.22. The standard InChI is InChI=1S/C16H14ClN3O2S2/c1-2-20-15(22)14-12(6-7-23-14)19-16(20)24-9-13(21)18-11-5-3-4-10(17)8-11/h3-8H,2,9H2,1H3,(H,18,21). The van der Waals surface area contributed by atoms with Gasteiger partial charge in [0, 0.05) is 17.3 Å². The average Bonchev–Trinajstić information content (AvgIpc) is 3.02. The van der Waals surface area contributed by atoms with E-state index >= 15 is 0 Å². The Bertz CT molecular complexity index is 952. The molecule has 0 bridgehead atoms. The Morgan fingerprint density at radius 3 is 3.00 bits per heavy atom. The van der Waals surface area contributed by atoms with Crippen LogP contribution in [-0.2, 0) is 11.3 Å². The number of hydrogen-bond donors (Lipinski definition) is 1. The van der Waals surface area contributed by atoms with E-state index in [0.717, 1.165) is 0 Å². The fraction of sp³-hybridized carbons (Fsp3) is 0.188. The number of amides is 1. The molecule has 3 rings (SSSR count). The molecule has 1 amide bonds. The van der Waals surface area contributed by atoms with E-state index in [9.17, 15) is 9.59 Å². The monoisotopic (exact) mass is 379 g/mol. The number of rotatable bonds is 5. The third-order valence-corrected chi connectivity index (χ3v) is 5.39. The first-order chi connectivity index (χ1) is 11.6. The Morgan fingerprint density at radius 2 is 2.25 bits per heavy atom. The maximum Gasteiger partial charge on any atom is 0.272 e. The van der Waals surface area contributed by atoms with Gasteiger partial charge in [-0.25, -0.2) is 4.98 Å². The van der Waals surface area contributed by atoms with Gasteiger partial charge in [-0.1, -0.05) is 29.4 Å². The van der Waals surface area contributed by atoms with Crippen molar-refractivity contribution in [3.8, 4) is 0 Å². The minimum atomic E-state index is -0.176. The molecular weight excluding hydrogens is 366 g/mol. The second-order valence-electron chi connectivity index (χ2n) is 4.93. The van der Waals surface area contributed by atoms with E-state index in [1.54, 1.807) is 28.8 Å². The van der Waals surface area contributed by atoms with Gasteiger partial charge in [-0.15, -0.1) is 11.3 Å². The number of carbonyl (C=O) groups excluding carboxylic acids is 1. The molecule has 3 aromatic rings. The molecule has 8 heteroatoms. The van der Waals surface area contributed by atoms with Gasteiger partial charge in [0.1, 0.15) is 4.70 Å². The third kappa shape index (κ3) is 3.63. The number of benzene rings is 1. The van der Waals surface area contributed by atoms with Crippen molar-refractivity contribution in [3.63, 3.8) is 0 Å². The van der Waals surface area contributed by atoms with Crippen molar-refractivity contribution >= 4 is 56.5 Å². The molecule has 1 aromatic carbocycles. The van der Waals surface area contributed by atoms with Gasteiger partial charge in [0.05, 0.1) is 11.3 Å². The number of nitrogens with zero attached hydrogens (tertiary/aromatic N) is 2. The van der Waals surface area contributed by atoms with Crippen molar-refractivity contribution in [2.45, 2.75) is 18.6 Å². The van der Waals surface area contributed by atoms with Gasteiger partial charge < -0.3 is 5.32 Å². The molecule has 0 radical (unpaired) electrons. The highest BCUT2D eigenvalue weighted by atomic mass is 35.5. The highest BCUT2D eigenvalue weighted by Gasteiger charge is 2.13. The predicted octanol–water partition coefficient (Wildman–Crippen LogP) is 3.86. The molecule has 2 heterocycles. The zero-order chi connectivity index (χ0) is 17.1. The van der Waals surface area contributed by atoms with Crippen LogP contribution < -0.4 is 10.9 Å². The van der Waals surface area contributed by atoms with Crippen LogP contribution in [0.25, 0.3) is 10.2 Å². The molecular formula is C16H14ClN3O2S2. The zero-order valence-electron chi connectivity index (χ0n) is 12.8. The number of thiophene rings is 1. The first-order valence-electron chi connectivity index (χ1n) is 7.24. The number of halogens is 1. The van der Waals surface area contributed by atoms with Crippen LogP contribution >= 0.6 is 34.7 Å². The molecule has 0 spiro atoms. The van der Waals surface area contributed by atoms with Crippen molar-refractivity contribution in [1.29, 1.82) is 0 Å². The highest BCUT2D eigenvalue weighted by molar-refractivity contribution is 7.99. The van der Waals surface area contributed by atoms with Crippen LogP contribution in [0.3, 0.4) is 0 Å². The van der Waals surface area contributed by atoms with Gasteiger partial charge >= 0.3 is 0 Å². The van der Waals surface area contributed by atoms with Crippen LogP contribution in [0, 0.1) is 0 Å². The van der Waals surface area contributed by atoms with Crippen molar-refractivity contribution in [3.05, 3.63) is 51.1 Å². The topological polar surface area (TPSA) is 64.0 Å². The average molecular weight is 380 g/mol. The van der Waals surface area contributed by atoms with Crippen LogP contribution in [0.2, 0.25) is 5.02 Å². The normalized spacial score (nSPS) is 10.9. The molecule has 0 aliphatic carbocycles. The summed E-state index contributed by atoms with van der Waals surface area (Å²) in [7, 11) is 0. The van der Waals surface area contributed by atoms with E-state index in [1.165, 1.54) is 23.1 Å². The Kier molecular flexibility index (Phi) is 5.23. The second kappa shape index (κ2) is 7.38. The first-order valence-corrected chi connectivity index (χ1v) is 9.49. The summed E-state index contributed by atoms with van der Waals surface area (Å²) in [5.74, 6) is -0.0150. The SMILES string of the molecule is CCn1c(SCC(=O)Nc2cccc(Cl)c2)nc2ccsc2c1=O. The van der Waals surface area contributed by atoms with E-state index in [-0.39, 0.29) is 17.2 Å². The highest BCUT2D eigenvalue weighted by Crippen LogP contribution is 2.21. The van der Waals surface area contributed by atoms with E-state index in [2.05, 4.69) is 10.3 Å². The summed E-state index contributed by atoms with van der Waals surface area (Å²) in [6.07, 6.45) is 0. The molecule has 0 atom stereocenters.